The largest absolute Gasteiger partial charge is 0.507 e. The monoisotopic (exact) mass is 664 g/mol. The van der Waals surface area contributed by atoms with Gasteiger partial charge in [-0.05, 0) is 36.1 Å². The van der Waals surface area contributed by atoms with Gasteiger partial charge >= 0.3 is 0 Å². The van der Waals surface area contributed by atoms with E-state index < -0.39 is 0 Å². The smallest absolute Gasteiger partial charge is 0.196 e. The Morgan fingerprint density at radius 1 is 0.510 bits per heavy atom. The fourth-order valence-electron chi connectivity index (χ4n) is 5.96. The molecule has 0 aromatic heterocycles. The number of unbranched alkanes of at least 4 members (excludes halogenated alkanes) is 10. The third-order valence-corrected chi connectivity index (χ3v) is 8.81. The van der Waals surface area contributed by atoms with E-state index in [9.17, 15) is 19.8 Å². The van der Waals surface area contributed by atoms with Gasteiger partial charge in [0.05, 0.1) is 24.3 Å². The van der Waals surface area contributed by atoms with Crippen molar-refractivity contribution in [3.8, 4) is 23.0 Å². The lowest BCUT2D eigenvalue weighted by atomic mass is 9.94. The van der Waals surface area contributed by atoms with Crippen LogP contribution in [0.1, 0.15) is 134 Å². The third kappa shape index (κ3) is 11.2. The third-order valence-electron chi connectivity index (χ3n) is 8.81. The maximum Gasteiger partial charge on any atom is 0.196 e. The molecule has 0 amide bonds. The number of ether oxygens (including phenoxy) is 2. The minimum Gasteiger partial charge on any atom is -0.507 e. The highest BCUT2D eigenvalue weighted by Crippen LogP contribution is 2.36. The summed E-state index contributed by atoms with van der Waals surface area (Å²) in [5.41, 5.74) is 2.62. The Labute approximate surface area is 292 Å². The summed E-state index contributed by atoms with van der Waals surface area (Å²) in [4.78, 5) is 27.1. The van der Waals surface area contributed by atoms with E-state index in [4.69, 9.17) is 9.47 Å². The molecule has 6 nitrogen and oxygen atoms in total. The van der Waals surface area contributed by atoms with Gasteiger partial charge in [-0.1, -0.05) is 139 Å². The number of hydrogen-bond acceptors (Lipinski definition) is 6. The van der Waals surface area contributed by atoms with Crippen LogP contribution in [0.25, 0.3) is 0 Å². The van der Waals surface area contributed by atoms with Gasteiger partial charge in [-0.2, -0.15) is 0 Å². The van der Waals surface area contributed by atoms with Crippen LogP contribution in [0.3, 0.4) is 0 Å². The first-order chi connectivity index (χ1) is 23.9. The van der Waals surface area contributed by atoms with Crippen LogP contribution in [0.4, 0.5) is 0 Å². The summed E-state index contributed by atoms with van der Waals surface area (Å²) >= 11 is 0. The van der Waals surface area contributed by atoms with E-state index in [1.54, 1.807) is 60.7 Å². The van der Waals surface area contributed by atoms with E-state index in [0.717, 1.165) is 38.5 Å². The maximum absolute atomic E-state index is 13.5. The Morgan fingerprint density at radius 2 is 0.878 bits per heavy atom. The van der Waals surface area contributed by atoms with E-state index in [1.165, 1.54) is 50.7 Å². The lowest BCUT2D eigenvalue weighted by Gasteiger charge is -2.18. The van der Waals surface area contributed by atoms with Crippen LogP contribution in [-0.4, -0.2) is 35.0 Å². The van der Waals surface area contributed by atoms with Crippen molar-refractivity contribution in [1.82, 2.24) is 0 Å². The number of benzene rings is 4. The molecule has 0 unspecified atom stereocenters. The molecule has 0 aliphatic heterocycles. The number of aromatic hydroxyl groups is 2. The lowest BCUT2D eigenvalue weighted by Crippen LogP contribution is -2.08. The highest BCUT2D eigenvalue weighted by molar-refractivity contribution is 6.11. The van der Waals surface area contributed by atoms with Crippen molar-refractivity contribution >= 4 is 11.6 Å². The summed E-state index contributed by atoms with van der Waals surface area (Å²) in [7, 11) is 0. The van der Waals surface area contributed by atoms with Gasteiger partial charge in [-0.3, -0.25) is 9.59 Å². The first kappa shape index (κ1) is 37.2. The van der Waals surface area contributed by atoms with Crippen molar-refractivity contribution in [2.24, 2.45) is 0 Å². The molecule has 0 spiro atoms. The van der Waals surface area contributed by atoms with Crippen LogP contribution in [0.2, 0.25) is 0 Å². The van der Waals surface area contributed by atoms with Gasteiger partial charge in [0.25, 0.3) is 0 Å². The zero-order chi connectivity index (χ0) is 34.8. The van der Waals surface area contributed by atoms with Gasteiger partial charge in [0.2, 0.25) is 0 Å². The molecule has 0 heterocycles. The Balaban J connectivity index is 1.68. The van der Waals surface area contributed by atoms with Crippen LogP contribution in [0.5, 0.6) is 23.0 Å². The summed E-state index contributed by atoms with van der Waals surface area (Å²) in [6.07, 6.45) is 13.6. The van der Waals surface area contributed by atoms with E-state index in [2.05, 4.69) is 13.8 Å². The molecule has 4 aromatic rings. The summed E-state index contributed by atoms with van der Waals surface area (Å²) < 4.78 is 12.5. The average molecular weight is 665 g/mol. The van der Waals surface area contributed by atoms with Gasteiger partial charge in [-0.25, -0.2) is 0 Å². The summed E-state index contributed by atoms with van der Waals surface area (Å²) in [6, 6.07) is 24.1. The molecule has 4 aromatic carbocycles. The fraction of sp³-hybridized carbons (Fsp3) is 0.395. The van der Waals surface area contributed by atoms with E-state index in [-0.39, 0.29) is 40.6 Å². The number of carbonyl (C=O) groups is 2. The zero-order valence-corrected chi connectivity index (χ0v) is 29.2. The van der Waals surface area contributed by atoms with Gasteiger partial charge in [0, 0.05) is 29.7 Å². The first-order valence-corrected chi connectivity index (χ1v) is 18.1. The number of hydrogen-bond donors (Lipinski definition) is 2. The zero-order valence-electron chi connectivity index (χ0n) is 29.2. The quantitative estimate of drug-likeness (QED) is 0.0641. The first-order valence-electron chi connectivity index (χ1n) is 18.1. The molecule has 4 rings (SSSR count). The molecule has 0 atom stereocenters. The molecule has 0 radical (unpaired) electrons. The molecule has 2 N–H and O–H groups in total. The highest BCUT2D eigenvalue weighted by Gasteiger charge is 2.22. The lowest BCUT2D eigenvalue weighted by molar-refractivity contribution is 0.102. The van der Waals surface area contributed by atoms with Gasteiger partial charge in [0.1, 0.15) is 23.0 Å². The second-order valence-electron chi connectivity index (χ2n) is 12.8. The molecule has 0 aliphatic rings. The molecule has 49 heavy (non-hydrogen) atoms. The average Bonchev–Trinajstić information content (AvgIpc) is 3.12. The number of ketones is 2. The van der Waals surface area contributed by atoms with Crippen LogP contribution in [-0.2, 0) is 6.42 Å². The molecule has 0 fully saturated rings. The van der Waals surface area contributed by atoms with Crippen LogP contribution < -0.4 is 9.47 Å². The molecular formula is C43H52O6. The Kier molecular flexibility index (Phi) is 15.2. The predicted molar refractivity (Wildman–Crippen MR) is 197 cm³/mol. The van der Waals surface area contributed by atoms with Crippen molar-refractivity contribution in [3.63, 3.8) is 0 Å². The van der Waals surface area contributed by atoms with E-state index >= 15 is 0 Å². The number of rotatable bonds is 22. The molecule has 0 bridgehead atoms. The van der Waals surface area contributed by atoms with Crippen LogP contribution in [0.15, 0.2) is 84.9 Å². The van der Waals surface area contributed by atoms with Crippen molar-refractivity contribution in [1.29, 1.82) is 0 Å². The minimum absolute atomic E-state index is 0.152. The van der Waals surface area contributed by atoms with Crippen molar-refractivity contribution < 1.29 is 29.3 Å². The van der Waals surface area contributed by atoms with Gasteiger partial charge in [0.15, 0.2) is 11.6 Å². The van der Waals surface area contributed by atoms with Crippen LogP contribution >= 0.6 is 0 Å². The van der Waals surface area contributed by atoms with Crippen molar-refractivity contribution in [3.05, 3.63) is 118 Å². The summed E-state index contributed by atoms with van der Waals surface area (Å²) in [6.45, 7) is 5.34. The summed E-state index contributed by atoms with van der Waals surface area (Å²) in [5.74, 6) is 0.0450. The molecule has 260 valence electrons. The summed E-state index contributed by atoms with van der Waals surface area (Å²) in [5, 5.41) is 22.1. The van der Waals surface area contributed by atoms with E-state index in [1.807, 2.05) is 12.1 Å². The number of carbonyl (C=O) groups excluding carboxylic acids is 2. The number of phenolic OH excluding ortho intramolecular Hbond substituents is 2. The Bertz CT molecular complexity index is 1490. The standard InChI is InChI=1S/C43H52O6/c1-3-5-7-9-11-19-25-48-40-30-38(44)36(42(46)32-21-15-13-16-22-32)28-34(40)27-35-29-37(43(47)33-23-17-14-18-24-33)39(45)31-41(35)49-26-20-12-10-8-6-4-2/h13-18,21-24,28-31,44-45H,3-12,19-20,25-27H2,1-2H3. The van der Waals surface area contributed by atoms with E-state index in [0.29, 0.717) is 47.0 Å². The SMILES string of the molecule is CCCCCCCCOc1cc(O)c(C(=O)c2ccccc2)cc1Cc1cc(C(=O)c2ccccc2)c(O)cc1OCCCCCCCC. The maximum atomic E-state index is 13.5. The molecular weight excluding hydrogens is 612 g/mol. The van der Waals surface area contributed by atoms with Crippen molar-refractivity contribution in [2.75, 3.05) is 13.2 Å². The molecule has 0 aliphatic carbocycles. The predicted octanol–water partition coefficient (Wildman–Crippen LogP) is 10.6. The molecule has 0 saturated heterocycles. The topological polar surface area (TPSA) is 93.1 Å². The fourth-order valence-corrected chi connectivity index (χ4v) is 5.96. The Hall–Kier alpha value is -4.58. The molecule has 0 saturated carbocycles. The molecule has 6 heteroatoms. The number of phenols is 2. The van der Waals surface area contributed by atoms with Crippen LogP contribution in [0, 0.1) is 0 Å². The normalized spacial score (nSPS) is 11.0. The highest BCUT2D eigenvalue weighted by atomic mass is 16.5. The second kappa shape index (κ2) is 20.1. The minimum atomic E-state index is -0.299. The van der Waals surface area contributed by atoms with Gasteiger partial charge < -0.3 is 19.7 Å². The van der Waals surface area contributed by atoms with Crippen molar-refractivity contribution in [2.45, 2.75) is 97.3 Å². The Morgan fingerprint density at radius 3 is 1.27 bits per heavy atom. The van der Waals surface area contributed by atoms with Gasteiger partial charge in [-0.15, -0.1) is 0 Å². The second-order valence-corrected chi connectivity index (χ2v) is 12.8.